The van der Waals surface area contributed by atoms with Crippen molar-refractivity contribution in [1.82, 2.24) is 5.32 Å². The Hall–Kier alpha value is -0.0900. The molecule has 1 saturated carbocycles. The molecular formula is C12H25NO2S. The lowest BCUT2D eigenvalue weighted by Crippen LogP contribution is -2.36. The van der Waals surface area contributed by atoms with Gasteiger partial charge in [-0.1, -0.05) is 19.3 Å². The first kappa shape index (κ1) is 14.0. The van der Waals surface area contributed by atoms with Crippen LogP contribution in [0.1, 0.15) is 52.4 Å². The van der Waals surface area contributed by atoms with E-state index in [0.29, 0.717) is 0 Å². The predicted octanol–water partition coefficient (Wildman–Crippen LogP) is 2.12. The van der Waals surface area contributed by atoms with Crippen molar-refractivity contribution in [1.29, 1.82) is 0 Å². The highest BCUT2D eigenvalue weighted by atomic mass is 32.2. The Morgan fingerprint density at radius 2 is 1.75 bits per heavy atom. The highest BCUT2D eigenvalue weighted by molar-refractivity contribution is 7.92. The summed E-state index contributed by atoms with van der Waals surface area (Å²) in [5.74, 6) is 0. The molecule has 3 nitrogen and oxygen atoms in total. The second kappa shape index (κ2) is 6.01. The van der Waals surface area contributed by atoms with E-state index in [2.05, 4.69) is 5.32 Å². The maximum atomic E-state index is 12.3. The number of sulfone groups is 1. The minimum absolute atomic E-state index is 0.0692. The monoisotopic (exact) mass is 247 g/mol. The normalized spacial score (nSPS) is 22.9. The molecule has 0 heterocycles. The van der Waals surface area contributed by atoms with Crippen LogP contribution in [-0.4, -0.2) is 32.0 Å². The Labute approximate surface area is 99.9 Å². The van der Waals surface area contributed by atoms with Gasteiger partial charge in [0.15, 0.2) is 9.84 Å². The van der Waals surface area contributed by atoms with Crippen LogP contribution in [0.15, 0.2) is 0 Å². The Balaban J connectivity index is 2.61. The summed E-state index contributed by atoms with van der Waals surface area (Å²) >= 11 is 0. The maximum absolute atomic E-state index is 12.3. The molecule has 0 bridgehead atoms. The van der Waals surface area contributed by atoms with E-state index in [4.69, 9.17) is 0 Å². The smallest absolute Gasteiger partial charge is 0.155 e. The van der Waals surface area contributed by atoms with Crippen LogP contribution in [0.2, 0.25) is 0 Å². The van der Waals surface area contributed by atoms with Crippen LogP contribution < -0.4 is 5.32 Å². The fraction of sp³-hybridized carbons (Fsp3) is 1.00. The second-order valence-electron chi connectivity index (χ2n) is 5.09. The molecule has 16 heavy (non-hydrogen) atoms. The number of rotatable bonds is 5. The minimum Gasteiger partial charge on any atom is -0.317 e. The second-order valence-corrected chi connectivity index (χ2v) is 7.73. The van der Waals surface area contributed by atoms with Crippen LogP contribution in [-0.2, 0) is 9.84 Å². The zero-order valence-electron chi connectivity index (χ0n) is 10.7. The van der Waals surface area contributed by atoms with Crippen molar-refractivity contribution < 1.29 is 8.42 Å². The lowest BCUT2D eigenvalue weighted by atomic mass is 10.0. The molecule has 0 amide bonds. The highest BCUT2D eigenvalue weighted by Crippen LogP contribution is 2.27. The van der Waals surface area contributed by atoms with E-state index in [-0.39, 0.29) is 16.5 Å². The first-order valence-corrected chi connectivity index (χ1v) is 7.99. The summed E-state index contributed by atoms with van der Waals surface area (Å²) in [6.07, 6.45) is 5.83. The molecular weight excluding hydrogens is 222 g/mol. The summed E-state index contributed by atoms with van der Waals surface area (Å²) in [5.41, 5.74) is 0. The average Bonchev–Trinajstić information content (AvgIpc) is 2.29. The predicted molar refractivity (Wildman–Crippen MR) is 68.4 cm³/mol. The molecule has 1 rings (SSSR count). The van der Waals surface area contributed by atoms with Crippen molar-refractivity contribution in [3.05, 3.63) is 0 Å². The third-order valence-electron chi connectivity index (χ3n) is 3.76. The maximum Gasteiger partial charge on any atom is 0.155 e. The molecule has 2 atom stereocenters. The molecule has 0 aromatic rings. The molecule has 0 aromatic heterocycles. The van der Waals surface area contributed by atoms with E-state index >= 15 is 0 Å². The van der Waals surface area contributed by atoms with Crippen molar-refractivity contribution in [2.75, 3.05) is 7.05 Å². The van der Waals surface area contributed by atoms with E-state index in [1.807, 2.05) is 20.9 Å². The lowest BCUT2D eigenvalue weighted by molar-refractivity contribution is 0.469. The Kier molecular flexibility index (Phi) is 5.25. The van der Waals surface area contributed by atoms with E-state index in [9.17, 15) is 8.42 Å². The lowest BCUT2D eigenvalue weighted by Gasteiger charge is -2.26. The molecule has 0 spiro atoms. The van der Waals surface area contributed by atoms with Gasteiger partial charge >= 0.3 is 0 Å². The zero-order chi connectivity index (χ0) is 12.2. The number of nitrogens with one attached hydrogen (secondary N) is 1. The molecule has 0 aromatic carbocycles. The molecule has 1 fully saturated rings. The van der Waals surface area contributed by atoms with Crippen molar-refractivity contribution in [3.63, 3.8) is 0 Å². The van der Waals surface area contributed by atoms with Crippen LogP contribution in [0, 0.1) is 0 Å². The van der Waals surface area contributed by atoms with Gasteiger partial charge < -0.3 is 5.32 Å². The Morgan fingerprint density at radius 3 is 2.25 bits per heavy atom. The molecule has 0 saturated heterocycles. The van der Waals surface area contributed by atoms with Crippen molar-refractivity contribution >= 4 is 9.84 Å². The molecule has 2 unspecified atom stereocenters. The highest BCUT2D eigenvalue weighted by Gasteiger charge is 2.32. The van der Waals surface area contributed by atoms with Gasteiger partial charge in [-0.3, -0.25) is 0 Å². The van der Waals surface area contributed by atoms with Crippen molar-refractivity contribution in [2.45, 2.75) is 68.9 Å². The van der Waals surface area contributed by atoms with Gasteiger partial charge in [-0.25, -0.2) is 8.42 Å². The van der Waals surface area contributed by atoms with E-state index in [1.165, 1.54) is 6.42 Å². The van der Waals surface area contributed by atoms with Gasteiger partial charge in [0, 0.05) is 6.04 Å². The summed E-state index contributed by atoms with van der Waals surface area (Å²) in [6, 6.07) is 0.272. The van der Waals surface area contributed by atoms with Crippen molar-refractivity contribution in [3.8, 4) is 0 Å². The van der Waals surface area contributed by atoms with Gasteiger partial charge in [-0.2, -0.15) is 0 Å². The number of hydrogen-bond donors (Lipinski definition) is 1. The molecule has 1 aliphatic carbocycles. The molecule has 96 valence electrons. The average molecular weight is 247 g/mol. The summed E-state index contributed by atoms with van der Waals surface area (Å²) in [5, 5.41) is 2.83. The molecule has 0 radical (unpaired) electrons. The Bertz CT molecular complexity index is 294. The topological polar surface area (TPSA) is 46.2 Å². The Morgan fingerprint density at radius 1 is 1.19 bits per heavy atom. The van der Waals surface area contributed by atoms with Gasteiger partial charge in [0.1, 0.15) is 0 Å². The number of hydrogen-bond acceptors (Lipinski definition) is 3. The summed E-state index contributed by atoms with van der Waals surface area (Å²) in [6.45, 7) is 3.89. The molecule has 0 aliphatic heterocycles. The third kappa shape index (κ3) is 3.45. The van der Waals surface area contributed by atoms with Crippen LogP contribution in [0.25, 0.3) is 0 Å². The van der Waals surface area contributed by atoms with Gasteiger partial charge in [-0.15, -0.1) is 0 Å². The van der Waals surface area contributed by atoms with Gasteiger partial charge in [0.05, 0.1) is 10.5 Å². The first-order valence-electron chi connectivity index (χ1n) is 6.38. The fourth-order valence-corrected chi connectivity index (χ4v) is 4.68. The SMILES string of the molecule is CNC(C)CC(C)S(=O)(=O)C1CCCCC1. The molecule has 1 aliphatic rings. The summed E-state index contributed by atoms with van der Waals surface area (Å²) in [7, 11) is -1.03. The van der Waals surface area contributed by atoms with Crippen LogP contribution in [0.3, 0.4) is 0 Å². The molecule has 1 N–H and O–H groups in total. The van der Waals surface area contributed by atoms with Gasteiger partial charge in [0.25, 0.3) is 0 Å². The van der Waals surface area contributed by atoms with Gasteiger partial charge in [0.2, 0.25) is 0 Å². The van der Waals surface area contributed by atoms with Crippen LogP contribution in [0.5, 0.6) is 0 Å². The van der Waals surface area contributed by atoms with E-state index in [1.54, 1.807) is 0 Å². The van der Waals surface area contributed by atoms with Gasteiger partial charge in [-0.05, 0) is 40.2 Å². The third-order valence-corrected chi connectivity index (χ3v) is 6.47. The van der Waals surface area contributed by atoms with Crippen LogP contribution in [0.4, 0.5) is 0 Å². The van der Waals surface area contributed by atoms with E-state index in [0.717, 1.165) is 32.1 Å². The summed E-state index contributed by atoms with van der Waals surface area (Å²) < 4.78 is 24.6. The van der Waals surface area contributed by atoms with E-state index < -0.39 is 9.84 Å². The van der Waals surface area contributed by atoms with Crippen molar-refractivity contribution in [2.24, 2.45) is 0 Å². The quantitative estimate of drug-likeness (QED) is 0.809. The summed E-state index contributed by atoms with van der Waals surface area (Å²) in [4.78, 5) is 0. The zero-order valence-corrected chi connectivity index (χ0v) is 11.5. The molecule has 4 heteroatoms. The minimum atomic E-state index is -2.91. The largest absolute Gasteiger partial charge is 0.317 e. The standard InChI is InChI=1S/C12H25NO2S/c1-10(13-3)9-11(2)16(14,15)12-7-5-4-6-8-12/h10-13H,4-9H2,1-3H3. The fourth-order valence-electron chi connectivity index (χ4n) is 2.47. The first-order chi connectivity index (χ1) is 7.48. The van der Waals surface area contributed by atoms with Crippen LogP contribution >= 0.6 is 0 Å².